The van der Waals surface area contributed by atoms with Crippen LogP contribution in [0, 0.1) is 5.92 Å². The molecule has 4 saturated heterocycles. The van der Waals surface area contributed by atoms with Gasteiger partial charge in [0.1, 0.15) is 5.44 Å². The maximum absolute atomic E-state index is 11.7. The van der Waals surface area contributed by atoms with Crippen LogP contribution in [0.5, 0.6) is 0 Å². The molecule has 14 heavy (non-hydrogen) atoms. The van der Waals surface area contributed by atoms with Crippen molar-refractivity contribution >= 4 is 10.8 Å². The molecule has 1 unspecified atom stereocenters. The molecule has 0 radical (unpaired) electrons. The Morgan fingerprint density at radius 1 is 1.43 bits per heavy atom. The topological polar surface area (TPSA) is 29.5 Å². The van der Waals surface area contributed by atoms with Gasteiger partial charge in [0.2, 0.25) is 0 Å². The molecule has 4 aliphatic rings. The van der Waals surface area contributed by atoms with E-state index < -0.39 is 10.8 Å². The lowest BCUT2D eigenvalue weighted by Gasteiger charge is -2.50. The van der Waals surface area contributed by atoms with Gasteiger partial charge in [-0.25, -0.2) is 0 Å². The molecule has 2 bridgehead atoms. The van der Waals surface area contributed by atoms with E-state index in [-0.39, 0.29) is 11.0 Å². The smallest absolute Gasteiger partial charge is 0.130 e. The van der Waals surface area contributed by atoms with Gasteiger partial charge in [-0.2, -0.15) is 0 Å². The lowest BCUT2D eigenvalue weighted by Crippen LogP contribution is -2.60. The zero-order valence-corrected chi connectivity index (χ0v) is 9.39. The molecule has 4 rings (SSSR count). The average Bonchev–Trinajstić information content (AvgIpc) is 2.43. The van der Waals surface area contributed by atoms with Gasteiger partial charge in [0.15, 0.2) is 0 Å². The molecule has 4 aliphatic heterocycles. The van der Waals surface area contributed by atoms with Crippen LogP contribution < -0.4 is 0 Å². The minimum Gasteiger partial charge on any atom is -0.356 e. The third-order valence-corrected chi connectivity index (χ3v) is 5.59. The van der Waals surface area contributed by atoms with E-state index >= 15 is 0 Å². The second-order valence-electron chi connectivity index (χ2n) is 4.83. The van der Waals surface area contributed by atoms with Crippen LogP contribution in [-0.2, 0) is 15.5 Å². The Morgan fingerprint density at radius 2 is 2.14 bits per heavy atom. The number of nitrogens with zero attached hydrogens (tertiary/aromatic N) is 1. The average molecular weight is 215 g/mol. The molecule has 0 amide bonds. The predicted molar refractivity (Wildman–Crippen MR) is 55.5 cm³/mol. The quantitative estimate of drug-likeness (QED) is 0.592. The molecule has 4 heteroatoms. The molecule has 80 valence electrons. The largest absolute Gasteiger partial charge is 0.356 e. The summed E-state index contributed by atoms with van der Waals surface area (Å²) in [5.41, 5.74) is -0.0867. The highest BCUT2D eigenvalue weighted by atomic mass is 32.2. The minimum atomic E-state index is -0.755. The Hall–Kier alpha value is 0.0700. The minimum absolute atomic E-state index is 0.0409. The van der Waals surface area contributed by atoms with Crippen molar-refractivity contribution in [3.63, 3.8) is 0 Å². The number of piperidine rings is 3. The van der Waals surface area contributed by atoms with Gasteiger partial charge in [0.05, 0.1) is 22.2 Å². The molecule has 0 aromatic heterocycles. The van der Waals surface area contributed by atoms with Crippen LogP contribution >= 0.6 is 0 Å². The lowest BCUT2D eigenvalue weighted by molar-refractivity contribution is -0.133. The molecule has 0 aromatic carbocycles. The van der Waals surface area contributed by atoms with Crippen LogP contribution in [0.1, 0.15) is 19.8 Å². The van der Waals surface area contributed by atoms with Gasteiger partial charge in [0.25, 0.3) is 0 Å². The number of hydrogen-bond acceptors (Lipinski definition) is 3. The summed E-state index contributed by atoms with van der Waals surface area (Å²) in [4.78, 5) is 2.47. The summed E-state index contributed by atoms with van der Waals surface area (Å²) in [5.74, 6) is 1.44. The first kappa shape index (κ1) is 9.31. The maximum Gasteiger partial charge on any atom is 0.130 e. The first-order valence-corrected chi connectivity index (χ1v) is 6.85. The van der Waals surface area contributed by atoms with E-state index in [0.29, 0.717) is 5.92 Å². The highest BCUT2D eigenvalue weighted by Crippen LogP contribution is 2.43. The summed E-state index contributed by atoms with van der Waals surface area (Å²) >= 11 is 0. The van der Waals surface area contributed by atoms with Crippen LogP contribution in [0.3, 0.4) is 0 Å². The number of fused-ring (bicyclic) bond motifs is 2. The van der Waals surface area contributed by atoms with Gasteiger partial charge in [-0.15, -0.1) is 0 Å². The van der Waals surface area contributed by atoms with Crippen LogP contribution in [0.4, 0.5) is 0 Å². The van der Waals surface area contributed by atoms with Gasteiger partial charge in [0, 0.05) is 6.54 Å². The van der Waals surface area contributed by atoms with Crippen molar-refractivity contribution in [1.82, 2.24) is 4.90 Å². The van der Waals surface area contributed by atoms with Gasteiger partial charge >= 0.3 is 0 Å². The molecule has 0 aromatic rings. The monoisotopic (exact) mass is 215 g/mol. The van der Waals surface area contributed by atoms with Crippen molar-refractivity contribution in [2.75, 3.05) is 25.4 Å². The molecule has 3 atom stereocenters. The maximum atomic E-state index is 11.7. The van der Waals surface area contributed by atoms with Crippen molar-refractivity contribution in [3.05, 3.63) is 0 Å². The number of rotatable bonds is 0. The fourth-order valence-corrected chi connectivity index (χ4v) is 4.61. The first-order valence-electron chi connectivity index (χ1n) is 5.47. The lowest BCUT2D eigenvalue weighted by atomic mass is 9.76. The fourth-order valence-electron chi connectivity index (χ4n) is 3.20. The van der Waals surface area contributed by atoms with Crippen molar-refractivity contribution in [2.45, 2.75) is 30.8 Å². The van der Waals surface area contributed by atoms with E-state index in [2.05, 4.69) is 4.90 Å². The molecule has 4 fully saturated rings. The van der Waals surface area contributed by atoms with E-state index in [1.807, 2.05) is 6.92 Å². The Morgan fingerprint density at radius 3 is 2.57 bits per heavy atom. The van der Waals surface area contributed by atoms with Crippen molar-refractivity contribution in [1.29, 1.82) is 0 Å². The van der Waals surface area contributed by atoms with Gasteiger partial charge in [-0.1, -0.05) is 0 Å². The summed E-state index contributed by atoms with van der Waals surface area (Å²) in [7, 11) is -0.755. The highest BCUT2D eigenvalue weighted by Gasteiger charge is 2.53. The molecule has 0 saturated carbocycles. The van der Waals surface area contributed by atoms with Crippen molar-refractivity contribution < 1.29 is 8.95 Å². The first-order chi connectivity index (χ1) is 6.70. The molecule has 1 spiro atoms. The van der Waals surface area contributed by atoms with E-state index in [9.17, 15) is 4.21 Å². The molecular weight excluding hydrogens is 198 g/mol. The zero-order chi connectivity index (χ0) is 9.76. The summed E-state index contributed by atoms with van der Waals surface area (Å²) in [5, 5.41) is 0. The van der Waals surface area contributed by atoms with Crippen LogP contribution in [0.15, 0.2) is 0 Å². The summed E-state index contributed by atoms with van der Waals surface area (Å²) < 4.78 is 17.7. The third-order valence-electron chi connectivity index (χ3n) is 3.98. The summed E-state index contributed by atoms with van der Waals surface area (Å²) in [6, 6.07) is 0. The van der Waals surface area contributed by atoms with Gasteiger partial charge < -0.3 is 9.64 Å². The summed E-state index contributed by atoms with van der Waals surface area (Å²) in [6.45, 7) is 5.41. The molecule has 0 N–H and O–H groups in total. The van der Waals surface area contributed by atoms with Gasteiger partial charge in [-0.05, 0) is 38.8 Å². The normalized spacial score (nSPS) is 56.9. The Bertz CT molecular complexity index is 275. The van der Waals surface area contributed by atoms with E-state index in [4.69, 9.17) is 4.74 Å². The van der Waals surface area contributed by atoms with E-state index in [0.717, 1.165) is 12.3 Å². The van der Waals surface area contributed by atoms with Crippen LogP contribution in [-0.4, -0.2) is 45.5 Å². The number of hydrogen-bond donors (Lipinski definition) is 0. The second-order valence-corrected chi connectivity index (χ2v) is 6.54. The predicted octanol–water partition coefficient (Wildman–Crippen LogP) is 0.576. The summed E-state index contributed by atoms with van der Waals surface area (Å²) in [6.07, 6.45) is 2.48. The highest BCUT2D eigenvalue weighted by molar-refractivity contribution is 7.85. The fraction of sp³-hybridized carbons (Fsp3) is 1.00. The van der Waals surface area contributed by atoms with Crippen molar-refractivity contribution in [2.24, 2.45) is 5.92 Å². The molecule has 4 heterocycles. The Kier molecular flexibility index (Phi) is 2.01. The van der Waals surface area contributed by atoms with Gasteiger partial charge in [-0.3, -0.25) is 4.21 Å². The SMILES string of the molecule is C[C@H]1O[C@@]2(CN3CCC2CC3)CS1=O. The zero-order valence-electron chi connectivity index (χ0n) is 8.57. The molecule has 0 aliphatic carbocycles. The van der Waals surface area contributed by atoms with E-state index in [1.54, 1.807) is 0 Å². The Labute approximate surface area is 87.3 Å². The standard InChI is InChI=1S/C10H17NO2S/c1-8-13-10(7-14(8)12)6-11-4-2-9(10)3-5-11/h8-9H,2-7H2,1H3/t8-,10-,14?/m0/s1. The van der Waals surface area contributed by atoms with Crippen molar-refractivity contribution in [3.8, 4) is 0 Å². The number of ether oxygens (including phenoxy) is 1. The van der Waals surface area contributed by atoms with Crippen LogP contribution in [0.25, 0.3) is 0 Å². The second kappa shape index (κ2) is 3.03. The third kappa shape index (κ3) is 1.20. The molecular formula is C10H17NO2S. The van der Waals surface area contributed by atoms with Crippen LogP contribution in [0.2, 0.25) is 0 Å². The Balaban J connectivity index is 1.87. The van der Waals surface area contributed by atoms with E-state index in [1.165, 1.54) is 25.9 Å². The molecule has 3 nitrogen and oxygen atoms in total.